The molecule has 0 unspecified atom stereocenters. The van der Waals surface area contributed by atoms with Gasteiger partial charge < -0.3 is 4.74 Å². The molecule has 0 aliphatic carbocycles. The zero-order valence-electron chi connectivity index (χ0n) is 10.8. The molecule has 0 bridgehead atoms. The highest BCUT2D eigenvalue weighted by atomic mass is 35.5. The summed E-state index contributed by atoms with van der Waals surface area (Å²) < 4.78 is 19.4. The van der Waals surface area contributed by atoms with Gasteiger partial charge in [-0.1, -0.05) is 6.07 Å². The third-order valence-corrected chi connectivity index (χ3v) is 3.86. The third kappa shape index (κ3) is 2.46. The lowest BCUT2D eigenvalue weighted by Gasteiger charge is -2.07. The van der Waals surface area contributed by atoms with Crippen LogP contribution in [0.15, 0.2) is 24.3 Å². The molecule has 1 aromatic carbocycles. The van der Waals surface area contributed by atoms with Crippen molar-refractivity contribution in [3.63, 3.8) is 0 Å². The Morgan fingerprint density at radius 1 is 1.20 bits per heavy atom. The highest BCUT2D eigenvalue weighted by molar-refractivity contribution is 7.18. The summed E-state index contributed by atoms with van der Waals surface area (Å²) in [5.41, 5.74) is 0.902. The van der Waals surface area contributed by atoms with E-state index in [2.05, 4.69) is 9.97 Å². The number of halogens is 2. The molecule has 2 aromatic heterocycles. The molecule has 20 heavy (non-hydrogen) atoms. The average Bonchev–Trinajstić information content (AvgIpc) is 2.74. The highest BCUT2D eigenvalue weighted by Crippen LogP contribution is 2.34. The van der Waals surface area contributed by atoms with E-state index in [0.29, 0.717) is 0 Å². The summed E-state index contributed by atoms with van der Waals surface area (Å²) >= 11 is 7.37. The summed E-state index contributed by atoms with van der Waals surface area (Å²) in [6.45, 7) is 3.82. The first-order valence-corrected chi connectivity index (χ1v) is 7.10. The van der Waals surface area contributed by atoms with Crippen molar-refractivity contribution < 1.29 is 9.13 Å². The summed E-state index contributed by atoms with van der Waals surface area (Å²) in [6, 6.07) is 6.57. The quantitative estimate of drug-likeness (QED) is 0.632. The second-order valence-corrected chi connectivity index (χ2v) is 5.98. The third-order valence-electron chi connectivity index (χ3n) is 2.75. The minimum absolute atomic E-state index is 0.0856. The summed E-state index contributed by atoms with van der Waals surface area (Å²) in [7, 11) is 0. The molecule has 0 atom stereocenters. The number of nitrogens with zero attached hydrogens (tertiary/aromatic N) is 2. The molecule has 0 radical (unpaired) electrons. The molecule has 3 nitrogen and oxygen atoms in total. The van der Waals surface area contributed by atoms with E-state index in [1.54, 1.807) is 12.1 Å². The zero-order chi connectivity index (χ0) is 14.3. The van der Waals surface area contributed by atoms with E-state index in [4.69, 9.17) is 16.3 Å². The second kappa shape index (κ2) is 5.00. The molecule has 0 saturated carbocycles. The van der Waals surface area contributed by atoms with Gasteiger partial charge >= 0.3 is 0 Å². The number of thiophene rings is 1. The largest absolute Gasteiger partial charge is 0.435 e. The lowest BCUT2D eigenvalue weighted by molar-refractivity contribution is 0.431. The number of aromatic nitrogens is 2. The van der Waals surface area contributed by atoms with Gasteiger partial charge in [0.05, 0.1) is 5.39 Å². The monoisotopic (exact) mass is 308 g/mol. The first kappa shape index (κ1) is 13.3. The minimum Gasteiger partial charge on any atom is -0.435 e. The van der Waals surface area contributed by atoms with Crippen LogP contribution in [-0.4, -0.2) is 9.97 Å². The number of benzene rings is 1. The van der Waals surface area contributed by atoms with Crippen LogP contribution in [0.5, 0.6) is 11.6 Å². The van der Waals surface area contributed by atoms with Gasteiger partial charge in [0.2, 0.25) is 11.2 Å². The fourth-order valence-corrected chi connectivity index (χ4v) is 2.94. The normalized spacial score (nSPS) is 11.0. The van der Waals surface area contributed by atoms with Crippen molar-refractivity contribution in [3.8, 4) is 11.6 Å². The number of rotatable bonds is 2. The predicted octanol–water partition coefficient (Wildman–Crippen LogP) is 4.89. The van der Waals surface area contributed by atoms with E-state index in [0.717, 1.165) is 20.7 Å². The minimum atomic E-state index is -0.439. The molecule has 3 rings (SSSR count). The summed E-state index contributed by atoms with van der Waals surface area (Å²) in [5, 5.41) is 0.820. The molecule has 6 heteroatoms. The molecule has 0 N–H and O–H groups in total. The van der Waals surface area contributed by atoms with Crippen LogP contribution in [0.4, 0.5) is 4.39 Å². The van der Waals surface area contributed by atoms with Crippen molar-refractivity contribution in [1.29, 1.82) is 0 Å². The Bertz CT molecular complexity index is 803. The Morgan fingerprint density at radius 3 is 2.80 bits per heavy atom. The molecule has 0 saturated heterocycles. The first-order chi connectivity index (χ1) is 9.52. The highest BCUT2D eigenvalue weighted by Gasteiger charge is 2.13. The Labute approximate surface area is 124 Å². The average molecular weight is 309 g/mol. The summed E-state index contributed by atoms with van der Waals surface area (Å²) in [4.78, 5) is 9.98. The molecule has 3 aromatic rings. The van der Waals surface area contributed by atoms with E-state index in [9.17, 15) is 4.39 Å². The maximum Gasteiger partial charge on any atom is 0.232 e. The molecule has 2 heterocycles. The van der Waals surface area contributed by atoms with E-state index >= 15 is 0 Å². The summed E-state index contributed by atoms with van der Waals surface area (Å²) in [6.07, 6.45) is 0. The van der Waals surface area contributed by atoms with Gasteiger partial charge in [-0.25, -0.2) is 9.37 Å². The van der Waals surface area contributed by atoms with Crippen molar-refractivity contribution in [2.24, 2.45) is 0 Å². The van der Waals surface area contributed by atoms with Gasteiger partial charge in [0, 0.05) is 4.88 Å². The summed E-state index contributed by atoms with van der Waals surface area (Å²) in [5.74, 6) is -0.0378. The van der Waals surface area contributed by atoms with Gasteiger partial charge in [0.15, 0.2) is 11.6 Å². The first-order valence-electron chi connectivity index (χ1n) is 5.90. The molecule has 0 fully saturated rings. The van der Waals surface area contributed by atoms with Crippen LogP contribution >= 0.6 is 22.9 Å². The Hall–Kier alpha value is -1.72. The van der Waals surface area contributed by atoms with Crippen LogP contribution in [0.2, 0.25) is 5.28 Å². The molecule has 0 aliphatic rings. The Kier molecular flexibility index (Phi) is 3.31. The molecule has 0 aliphatic heterocycles. The van der Waals surface area contributed by atoms with Crippen molar-refractivity contribution in [2.45, 2.75) is 13.8 Å². The molecule has 102 valence electrons. The van der Waals surface area contributed by atoms with Crippen LogP contribution in [-0.2, 0) is 0 Å². The lowest BCUT2D eigenvalue weighted by atomic mass is 10.2. The number of aryl methyl sites for hydroxylation is 2. The topological polar surface area (TPSA) is 35.0 Å². The maximum absolute atomic E-state index is 13.8. The van der Waals surface area contributed by atoms with Crippen LogP contribution in [0, 0.1) is 19.7 Å². The lowest BCUT2D eigenvalue weighted by Crippen LogP contribution is -1.94. The maximum atomic E-state index is 13.8. The number of hydrogen-bond acceptors (Lipinski definition) is 4. The molecular formula is C14H10ClFN2OS. The molecular weight excluding hydrogens is 299 g/mol. The van der Waals surface area contributed by atoms with E-state index in [-0.39, 0.29) is 16.9 Å². The van der Waals surface area contributed by atoms with Crippen molar-refractivity contribution in [2.75, 3.05) is 0 Å². The fourth-order valence-electron chi connectivity index (χ4n) is 1.86. The van der Waals surface area contributed by atoms with E-state index in [1.165, 1.54) is 17.4 Å². The molecule has 0 spiro atoms. The second-order valence-electron chi connectivity index (χ2n) is 4.41. The number of hydrogen-bond donors (Lipinski definition) is 0. The van der Waals surface area contributed by atoms with Crippen molar-refractivity contribution >= 4 is 33.2 Å². The smallest absolute Gasteiger partial charge is 0.232 e. The fraction of sp³-hybridized carbons (Fsp3) is 0.143. The number of ether oxygens (including phenoxy) is 1. The standard InChI is InChI=1S/C14H10ClFN2OS/c1-7-3-4-10(16)11(5-7)19-12-9-6-8(2)20-13(9)18-14(15)17-12/h3-6H,1-2H3. The van der Waals surface area contributed by atoms with Crippen molar-refractivity contribution in [1.82, 2.24) is 9.97 Å². The van der Waals surface area contributed by atoms with Crippen LogP contribution < -0.4 is 4.74 Å². The van der Waals surface area contributed by atoms with Crippen LogP contribution in [0.25, 0.3) is 10.2 Å². The van der Waals surface area contributed by atoms with E-state index < -0.39 is 5.82 Å². The predicted molar refractivity (Wildman–Crippen MR) is 78.4 cm³/mol. The zero-order valence-corrected chi connectivity index (χ0v) is 12.3. The van der Waals surface area contributed by atoms with Crippen LogP contribution in [0.1, 0.15) is 10.4 Å². The molecule has 0 amide bonds. The Balaban J connectivity index is 2.12. The Morgan fingerprint density at radius 2 is 2.00 bits per heavy atom. The van der Waals surface area contributed by atoms with Gasteiger partial charge in [-0.3, -0.25) is 0 Å². The van der Waals surface area contributed by atoms with Crippen LogP contribution in [0.3, 0.4) is 0 Å². The SMILES string of the molecule is Cc1ccc(F)c(Oc2nc(Cl)nc3sc(C)cc23)c1. The van der Waals surface area contributed by atoms with Gasteiger partial charge in [0.1, 0.15) is 4.83 Å². The van der Waals surface area contributed by atoms with Crippen molar-refractivity contribution in [3.05, 3.63) is 45.8 Å². The van der Waals surface area contributed by atoms with Gasteiger partial charge in [-0.15, -0.1) is 11.3 Å². The van der Waals surface area contributed by atoms with Gasteiger partial charge in [0.25, 0.3) is 0 Å². The van der Waals surface area contributed by atoms with E-state index in [1.807, 2.05) is 19.9 Å². The van der Waals surface area contributed by atoms with Gasteiger partial charge in [-0.05, 0) is 49.2 Å². The van der Waals surface area contributed by atoms with Gasteiger partial charge in [-0.2, -0.15) is 4.98 Å². The number of fused-ring (bicyclic) bond motifs is 1.